The minimum absolute atomic E-state index is 0.811. The minimum Gasteiger partial charge on any atom is -0.493 e. The molecule has 0 radical (unpaired) electrons. The molecule has 1 aliphatic heterocycles. The fraction of sp³-hybridized carbons (Fsp3) is 0.438. The number of nitrogens with zero attached hydrogens (tertiary/aromatic N) is 2. The number of benzene rings is 2. The van der Waals surface area contributed by atoms with E-state index in [-0.39, 0.29) is 0 Å². The average Bonchev–Trinajstić information content (AvgIpc) is 3.10. The van der Waals surface area contributed by atoms with Crippen LogP contribution in [0.15, 0.2) is 59.7 Å². The van der Waals surface area contributed by atoms with Crippen LogP contribution < -0.4 is 0 Å². The summed E-state index contributed by atoms with van der Waals surface area (Å²) >= 11 is 0. The first-order chi connectivity index (χ1) is 16.6. The monoisotopic (exact) mass is 452 g/mol. The van der Waals surface area contributed by atoms with Gasteiger partial charge in [0.15, 0.2) is 0 Å². The number of allylic oxidation sites excluding steroid dienone is 2. The maximum absolute atomic E-state index is 11.5. The van der Waals surface area contributed by atoms with Gasteiger partial charge in [0.2, 0.25) is 11.4 Å². The van der Waals surface area contributed by atoms with E-state index in [0.717, 1.165) is 65.8 Å². The second kappa shape index (κ2) is 13.1. The summed E-state index contributed by atoms with van der Waals surface area (Å²) < 4.78 is 1.39. The van der Waals surface area contributed by atoms with Crippen molar-refractivity contribution in [3.05, 3.63) is 87.5 Å². The summed E-state index contributed by atoms with van der Waals surface area (Å²) in [5.74, 6) is 6.80. The molecule has 0 saturated carbocycles. The molecule has 0 atom stereocenters. The summed E-state index contributed by atoms with van der Waals surface area (Å²) in [5, 5.41) is 0. The van der Waals surface area contributed by atoms with E-state index in [1.807, 2.05) is 0 Å². The zero-order valence-electron chi connectivity index (χ0n) is 21.6. The van der Waals surface area contributed by atoms with E-state index >= 15 is 0 Å². The first-order valence-electron chi connectivity index (χ1n) is 13.2. The number of rotatable bonds is 11. The third kappa shape index (κ3) is 6.35. The van der Waals surface area contributed by atoms with Crippen LogP contribution in [0.2, 0.25) is 0 Å². The van der Waals surface area contributed by atoms with Crippen molar-refractivity contribution in [2.45, 2.75) is 91.9 Å². The van der Waals surface area contributed by atoms with Crippen LogP contribution in [0.3, 0.4) is 0 Å². The molecule has 0 spiro atoms. The molecule has 1 heterocycles. The lowest BCUT2D eigenvalue weighted by Crippen LogP contribution is -2.03. The van der Waals surface area contributed by atoms with Crippen LogP contribution in [-0.2, 0) is 12.8 Å². The fourth-order valence-corrected chi connectivity index (χ4v) is 4.56. The predicted molar refractivity (Wildman–Crippen MR) is 145 cm³/mol. The number of hydrogen-bond acceptors (Lipinski definition) is 0. The second-order valence-corrected chi connectivity index (χ2v) is 9.38. The van der Waals surface area contributed by atoms with Crippen LogP contribution in [-0.4, -0.2) is 4.70 Å². The largest absolute Gasteiger partial charge is 0.493 e. The van der Waals surface area contributed by atoms with Crippen molar-refractivity contribution in [1.29, 1.82) is 0 Å². The maximum Gasteiger partial charge on any atom is 0.223 e. The maximum atomic E-state index is 11.5. The van der Waals surface area contributed by atoms with Gasteiger partial charge in [0.25, 0.3) is 0 Å². The minimum atomic E-state index is 0.811. The Morgan fingerprint density at radius 1 is 0.735 bits per heavy atom. The molecule has 178 valence electrons. The van der Waals surface area contributed by atoms with Gasteiger partial charge in [0, 0.05) is 23.1 Å². The lowest BCUT2D eigenvalue weighted by atomic mass is 9.98. The molecular weight excluding hydrogens is 412 g/mol. The normalized spacial score (nSPS) is 13.5. The van der Waals surface area contributed by atoms with Gasteiger partial charge in [-0.05, 0) is 74.4 Å². The summed E-state index contributed by atoms with van der Waals surface area (Å²) in [5.41, 5.74) is 19.9. The number of aryl methyl sites for hydroxylation is 2. The summed E-state index contributed by atoms with van der Waals surface area (Å²) in [7, 11) is 0. The van der Waals surface area contributed by atoms with Crippen LogP contribution in [0.25, 0.3) is 16.9 Å². The predicted octanol–water partition coefficient (Wildman–Crippen LogP) is 9.15. The quantitative estimate of drug-likeness (QED) is 0.184. The Balaban J connectivity index is 2.02. The van der Waals surface area contributed by atoms with Gasteiger partial charge < -0.3 is 5.53 Å². The van der Waals surface area contributed by atoms with Gasteiger partial charge in [-0.2, -0.15) is 0 Å². The van der Waals surface area contributed by atoms with Gasteiger partial charge in [0.05, 0.1) is 0 Å². The Hall–Kier alpha value is -2.92. The molecule has 34 heavy (non-hydrogen) atoms. The van der Waals surface area contributed by atoms with E-state index in [1.54, 1.807) is 0 Å². The third-order valence-electron chi connectivity index (χ3n) is 6.55. The van der Waals surface area contributed by atoms with Crippen LogP contribution in [0.5, 0.6) is 0 Å². The Morgan fingerprint density at radius 3 is 1.94 bits per heavy atom. The second-order valence-electron chi connectivity index (χ2n) is 9.38. The van der Waals surface area contributed by atoms with E-state index in [4.69, 9.17) is 0 Å². The molecule has 3 rings (SSSR count). The van der Waals surface area contributed by atoms with E-state index in [1.165, 1.54) is 47.9 Å². The van der Waals surface area contributed by atoms with Crippen molar-refractivity contribution in [2.75, 3.05) is 0 Å². The fourth-order valence-electron chi connectivity index (χ4n) is 4.56. The highest BCUT2D eigenvalue weighted by Crippen LogP contribution is 2.40. The zero-order valence-corrected chi connectivity index (χ0v) is 21.6. The zero-order chi connectivity index (χ0) is 24.3. The van der Waals surface area contributed by atoms with Crippen molar-refractivity contribution in [1.82, 2.24) is 0 Å². The molecule has 2 aromatic carbocycles. The van der Waals surface area contributed by atoms with Crippen LogP contribution in [0, 0.1) is 11.8 Å². The van der Waals surface area contributed by atoms with E-state index < -0.39 is 0 Å². The topological polar surface area (TPSA) is 25.3 Å². The molecule has 0 N–H and O–H groups in total. The smallest absolute Gasteiger partial charge is 0.223 e. The van der Waals surface area contributed by atoms with E-state index in [9.17, 15) is 5.53 Å². The first-order valence-corrected chi connectivity index (χ1v) is 13.2. The van der Waals surface area contributed by atoms with Gasteiger partial charge in [-0.1, -0.05) is 82.6 Å². The van der Waals surface area contributed by atoms with E-state index in [0.29, 0.717) is 0 Å². The van der Waals surface area contributed by atoms with Gasteiger partial charge in [0.1, 0.15) is 5.57 Å². The molecule has 2 nitrogen and oxygen atoms in total. The molecule has 0 aliphatic carbocycles. The lowest BCUT2D eigenvalue weighted by Gasteiger charge is -2.11. The highest BCUT2D eigenvalue weighted by Gasteiger charge is 2.33. The molecule has 0 unspecified atom stereocenters. The van der Waals surface area contributed by atoms with Crippen molar-refractivity contribution < 1.29 is 4.70 Å². The van der Waals surface area contributed by atoms with Gasteiger partial charge >= 0.3 is 0 Å². The molecule has 2 aromatic rings. The summed E-state index contributed by atoms with van der Waals surface area (Å²) in [6, 6.07) is 17.3. The molecule has 1 aliphatic rings. The summed E-state index contributed by atoms with van der Waals surface area (Å²) in [6.07, 6.45) is 11.2. The Morgan fingerprint density at radius 2 is 1.32 bits per heavy atom. The molecule has 0 aromatic heterocycles. The highest BCUT2D eigenvalue weighted by atomic mass is 15.2. The average molecular weight is 453 g/mol. The first kappa shape index (κ1) is 25.7. The standard InChI is InChI=1S/C32H40N2/c1-5-8-11-13-22-30-25(4)31(28-20-14-19-27(23-28)17-12-9-6-2)34(33)32(30)29-21-15-18-26(24-29)16-10-7-3/h14-15,18-21,23-24H,5-12,16-17H2,1-4H3. The van der Waals surface area contributed by atoms with Crippen molar-refractivity contribution in [3.8, 4) is 11.8 Å². The van der Waals surface area contributed by atoms with Gasteiger partial charge in [-0.3, -0.25) is 0 Å². The lowest BCUT2D eigenvalue weighted by molar-refractivity contribution is -0.345. The van der Waals surface area contributed by atoms with Crippen molar-refractivity contribution >= 4 is 11.4 Å². The number of hydrogen-bond donors (Lipinski definition) is 0. The summed E-state index contributed by atoms with van der Waals surface area (Å²) in [4.78, 5) is 0. The molecule has 2 heteroatoms. The molecule has 0 amide bonds. The molecule has 0 bridgehead atoms. The Labute approximate surface area is 207 Å². The SMILES string of the molecule is CCCCC#CC1=C(c2cccc(CCCC)c2)[N+](=[N-])C(c2cccc(CCCCC)c2)=C1C. The van der Waals surface area contributed by atoms with E-state index in [2.05, 4.69) is 88.1 Å². The molecule has 0 fully saturated rings. The van der Waals surface area contributed by atoms with Crippen molar-refractivity contribution in [2.24, 2.45) is 0 Å². The highest BCUT2D eigenvalue weighted by molar-refractivity contribution is 5.85. The van der Waals surface area contributed by atoms with Gasteiger partial charge in [-0.25, -0.2) is 4.70 Å². The Bertz CT molecular complexity index is 1120. The van der Waals surface area contributed by atoms with Crippen LogP contribution in [0.4, 0.5) is 0 Å². The van der Waals surface area contributed by atoms with Gasteiger partial charge in [-0.15, -0.1) is 0 Å². The summed E-state index contributed by atoms with van der Waals surface area (Å²) in [6.45, 7) is 8.75. The van der Waals surface area contributed by atoms with Crippen LogP contribution >= 0.6 is 0 Å². The van der Waals surface area contributed by atoms with Crippen LogP contribution in [0.1, 0.15) is 101 Å². The van der Waals surface area contributed by atoms with Crippen molar-refractivity contribution in [3.63, 3.8) is 0 Å². The molecular formula is C32H40N2. The molecule has 0 saturated heterocycles. The number of unbranched alkanes of at least 4 members (excludes halogenated alkanes) is 5. The Kier molecular flexibility index (Phi) is 9.89. The third-order valence-corrected chi connectivity index (χ3v) is 6.55.